The van der Waals surface area contributed by atoms with Crippen LogP contribution in [0.15, 0.2) is 0 Å². The van der Waals surface area contributed by atoms with E-state index in [1.54, 1.807) is 0 Å². The molecule has 0 amide bonds. The Bertz CT molecular complexity index is 260. The summed E-state index contributed by atoms with van der Waals surface area (Å²) in [7, 11) is -8.84. The summed E-state index contributed by atoms with van der Waals surface area (Å²) in [6.07, 6.45) is 0. The van der Waals surface area contributed by atoms with E-state index in [1.165, 1.54) is 0 Å². The predicted molar refractivity (Wildman–Crippen MR) is 50.6 cm³/mol. The topological polar surface area (TPSA) is 134 Å². The summed E-state index contributed by atoms with van der Waals surface area (Å²) in [6.45, 7) is -0.420. The molecule has 15 heavy (non-hydrogen) atoms. The molecule has 1 atom stereocenters. The fraction of sp³-hybridized carbons (Fsp3) is 1.00. The number of ether oxygens (including phenoxy) is 1. The van der Waals surface area contributed by atoms with Gasteiger partial charge < -0.3 is 29.0 Å². The highest BCUT2D eigenvalue weighted by Gasteiger charge is 2.30. The van der Waals surface area contributed by atoms with Gasteiger partial charge >= 0.3 is 15.2 Å². The molecule has 0 rings (SSSR count). The molecule has 0 aliphatic heterocycles. The quantitative estimate of drug-likeness (QED) is 0.335. The molecule has 10 heteroatoms. The fourth-order valence-corrected chi connectivity index (χ4v) is 3.23. The Morgan fingerprint density at radius 2 is 1.60 bits per heavy atom. The van der Waals surface area contributed by atoms with Crippen molar-refractivity contribution in [2.24, 2.45) is 0 Å². The number of hydrogen-bond acceptors (Lipinski definition) is 5. The highest BCUT2D eigenvalue weighted by molar-refractivity contribution is 7.70. The number of aliphatic hydroxyl groups is 1. The first-order chi connectivity index (χ1) is 6.77. The Labute approximate surface area is 86.5 Å². The summed E-state index contributed by atoms with van der Waals surface area (Å²) in [4.78, 5) is 25.8. The van der Waals surface area contributed by atoms with E-state index < -0.39 is 21.1 Å². The average molecular weight is 264 g/mol. The van der Waals surface area contributed by atoms with Gasteiger partial charge in [-0.05, 0) is 0 Å². The van der Waals surface area contributed by atoms with Gasteiger partial charge in [0.15, 0.2) is 5.90 Å². The molecular weight excluding hydrogens is 250 g/mol. The molecule has 0 saturated heterocycles. The molecule has 0 heterocycles. The summed E-state index contributed by atoms with van der Waals surface area (Å²) in [5.74, 6) is -1.21. The van der Waals surface area contributed by atoms with Crippen molar-refractivity contribution in [1.82, 2.24) is 0 Å². The van der Waals surface area contributed by atoms with Crippen LogP contribution in [-0.4, -0.2) is 52.1 Å². The summed E-state index contributed by atoms with van der Waals surface area (Å²) in [6, 6.07) is 0. The smallest absolute Gasteiger partial charge is 0.340 e. The van der Waals surface area contributed by atoms with Gasteiger partial charge in [-0.2, -0.15) is 0 Å². The number of aliphatic hydroxyl groups excluding tert-OH is 1. The molecule has 1 unspecified atom stereocenters. The van der Waals surface area contributed by atoms with Crippen molar-refractivity contribution in [3.63, 3.8) is 0 Å². The van der Waals surface area contributed by atoms with E-state index in [1.807, 2.05) is 0 Å². The lowest BCUT2D eigenvalue weighted by Gasteiger charge is -2.12. The zero-order valence-electron chi connectivity index (χ0n) is 7.85. The van der Waals surface area contributed by atoms with Crippen LogP contribution in [0.25, 0.3) is 0 Å². The van der Waals surface area contributed by atoms with Gasteiger partial charge in [0, 0.05) is 0 Å². The van der Waals surface area contributed by atoms with Crippen LogP contribution in [0.1, 0.15) is 0 Å². The van der Waals surface area contributed by atoms with Crippen LogP contribution in [-0.2, 0) is 18.4 Å². The third-order valence-corrected chi connectivity index (χ3v) is 4.61. The standard InChI is InChI=1S/C5H14O8P2/c6-1-2-12-3-4-13-15(10,11)5-14(7,8)9/h6H,1-5H2,(H,10,11)(H2,7,8,9). The van der Waals surface area contributed by atoms with Crippen molar-refractivity contribution < 1.29 is 38.2 Å². The van der Waals surface area contributed by atoms with Crippen LogP contribution in [0, 0.1) is 0 Å². The largest absolute Gasteiger partial charge is 0.394 e. The van der Waals surface area contributed by atoms with Crippen LogP contribution in [0.4, 0.5) is 0 Å². The van der Waals surface area contributed by atoms with Crippen LogP contribution in [0.5, 0.6) is 0 Å². The molecule has 0 saturated carbocycles. The highest BCUT2D eigenvalue weighted by atomic mass is 31.2. The molecule has 0 aromatic heterocycles. The van der Waals surface area contributed by atoms with Crippen molar-refractivity contribution >= 4 is 15.2 Å². The van der Waals surface area contributed by atoms with Crippen molar-refractivity contribution in [2.45, 2.75) is 0 Å². The molecule has 0 radical (unpaired) electrons. The summed E-state index contributed by atoms with van der Waals surface area (Å²) in [5.41, 5.74) is 0. The predicted octanol–water partition coefficient (Wildman–Crippen LogP) is -0.668. The van der Waals surface area contributed by atoms with Crippen LogP contribution >= 0.6 is 15.2 Å². The van der Waals surface area contributed by atoms with Crippen molar-refractivity contribution in [2.75, 3.05) is 32.3 Å². The van der Waals surface area contributed by atoms with Gasteiger partial charge in [-0.15, -0.1) is 0 Å². The highest BCUT2D eigenvalue weighted by Crippen LogP contribution is 2.55. The first kappa shape index (κ1) is 15.2. The Morgan fingerprint density at radius 3 is 2.07 bits per heavy atom. The maximum absolute atomic E-state index is 11.0. The molecule has 0 aliphatic carbocycles. The third-order valence-electron chi connectivity index (χ3n) is 1.12. The van der Waals surface area contributed by atoms with E-state index in [-0.39, 0.29) is 26.4 Å². The van der Waals surface area contributed by atoms with Gasteiger partial charge in [0.05, 0.1) is 26.4 Å². The lowest BCUT2D eigenvalue weighted by molar-refractivity contribution is 0.0679. The molecule has 0 spiro atoms. The molecule has 0 aliphatic rings. The van der Waals surface area contributed by atoms with E-state index in [0.29, 0.717) is 0 Å². The maximum atomic E-state index is 11.0. The van der Waals surface area contributed by atoms with E-state index in [0.717, 1.165) is 0 Å². The third kappa shape index (κ3) is 10.5. The number of hydrogen-bond donors (Lipinski definition) is 4. The molecular formula is C5H14O8P2. The minimum atomic E-state index is -4.57. The van der Waals surface area contributed by atoms with Gasteiger partial charge in [0.1, 0.15) is 0 Å². The van der Waals surface area contributed by atoms with E-state index >= 15 is 0 Å². The minimum absolute atomic E-state index is 0.0354. The Morgan fingerprint density at radius 1 is 1.00 bits per heavy atom. The second-order valence-electron chi connectivity index (χ2n) is 2.61. The molecule has 0 fully saturated rings. The first-order valence-corrected chi connectivity index (χ1v) is 7.52. The Hall–Kier alpha value is 0.220. The van der Waals surface area contributed by atoms with E-state index in [4.69, 9.17) is 24.5 Å². The fourth-order valence-electron chi connectivity index (χ4n) is 0.679. The molecule has 4 N–H and O–H groups in total. The van der Waals surface area contributed by atoms with Gasteiger partial charge in [0.2, 0.25) is 0 Å². The van der Waals surface area contributed by atoms with Crippen molar-refractivity contribution in [3.8, 4) is 0 Å². The SMILES string of the molecule is O=P(O)(O)CP(=O)(O)OCCOCCO. The van der Waals surface area contributed by atoms with Crippen molar-refractivity contribution in [1.29, 1.82) is 0 Å². The zero-order valence-corrected chi connectivity index (χ0v) is 9.64. The lowest BCUT2D eigenvalue weighted by atomic mass is 10.7. The van der Waals surface area contributed by atoms with Crippen LogP contribution < -0.4 is 0 Å². The Balaban J connectivity index is 3.75. The molecule has 92 valence electrons. The maximum Gasteiger partial charge on any atom is 0.340 e. The minimum Gasteiger partial charge on any atom is -0.394 e. The zero-order chi connectivity index (χ0) is 11.9. The Kier molecular flexibility index (Phi) is 6.83. The molecule has 0 aromatic carbocycles. The van der Waals surface area contributed by atoms with Gasteiger partial charge in [-0.3, -0.25) is 9.13 Å². The number of rotatable bonds is 8. The monoisotopic (exact) mass is 264 g/mol. The second kappa shape index (κ2) is 6.73. The molecule has 8 nitrogen and oxygen atoms in total. The van der Waals surface area contributed by atoms with Crippen molar-refractivity contribution in [3.05, 3.63) is 0 Å². The molecule has 0 bridgehead atoms. The van der Waals surface area contributed by atoms with Crippen LogP contribution in [0.3, 0.4) is 0 Å². The summed E-state index contributed by atoms with van der Waals surface area (Å²) >= 11 is 0. The summed E-state index contributed by atoms with van der Waals surface area (Å²) < 4.78 is 30.5. The van der Waals surface area contributed by atoms with Gasteiger partial charge in [0.25, 0.3) is 0 Å². The second-order valence-corrected chi connectivity index (χ2v) is 6.61. The average Bonchev–Trinajstić information content (AvgIpc) is 1.99. The van der Waals surface area contributed by atoms with Crippen LogP contribution in [0.2, 0.25) is 0 Å². The lowest BCUT2D eigenvalue weighted by Crippen LogP contribution is -2.07. The first-order valence-electron chi connectivity index (χ1n) is 3.96. The van der Waals surface area contributed by atoms with Gasteiger partial charge in [-0.1, -0.05) is 0 Å². The molecule has 0 aromatic rings. The summed E-state index contributed by atoms with van der Waals surface area (Å²) in [5, 5.41) is 8.31. The van der Waals surface area contributed by atoms with Gasteiger partial charge in [-0.25, -0.2) is 0 Å². The normalized spacial score (nSPS) is 16.3. The van der Waals surface area contributed by atoms with E-state index in [9.17, 15) is 9.13 Å². The van der Waals surface area contributed by atoms with E-state index in [2.05, 4.69) is 4.52 Å².